The molecule has 3 nitrogen and oxygen atoms in total. The van der Waals surface area contributed by atoms with Crippen LogP contribution in [-0.2, 0) is 0 Å². The Balaban J connectivity index is 3.16. The van der Waals surface area contributed by atoms with Gasteiger partial charge in [0.05, 0.1) is 7.05 Å². The molecule has 0 aliphatic heterocycles. The summed E-state index contributed by atoms with van der Waals surface area (Å²) in [6.07, 6.45) is 0. The van der Waals surface area contributed by atoms with E-state index in [2.05, 4.69) is 10.3 Å². The average molecular weight is 101 g/mol. The Morgan fingerprint density at radius 2 is 2.14 bits per heavy atom. The van der Waals surface area contributed by atoms with E-state index in [1.807, 2.05) is 14.0 Å². The molecular formula is C4H11N3. The SMILES string of the molecule is CCN(C)/N=N\C. The molecule has 0 N–H and O–H groups in total. The van der Waals surface area contributed by atoms with E-state index in [0.29, 0.717) is 0 Å². The van der Waals surface area contributed by atoms with Gasteiger partial charge in [0.25, 0.3) is 0 Å². The maximum atomic E-state index is 3.70. The second kappa shape index (κ2) is 3.59. The van der Waals surface area contributed by atoms with Gasteiger partial charge in [-0.25, -0.2) is 0 Å². The molecule has 0 rings (SSSR count). The number of rotatable bonds is 2. The van der Waals surface area contributed by atoms with Crippen LogP contribution in [0.5, 0.6) is 0 Å². The molecule has 0 saturated carbocycles. The van der Waals surface area contributed by atoms with Crippen LogP contribution < -0.4 is 0 Å². The van der Waals surface area contributed by atoms with Crippen LogP contribution in [0, 0.1) is 0 Å². The van der Waals surface area contributed by atoms with Crippen molar-refractivity contribution < 1.29 is 0 Å². The topological polar surface area (TPSA) is 28.0 Å². The van der Waals surface area contributed by atoms with Crippen molar-refractivity contribution in [1.29, 1.82) is 0 Å². The molecule has 0 fully saturated rings. The van der Waals surface area contributed by atoms with Crippen molar-refractivity contribution in [3.63, 3.8) is 0 Å². The Morgan fingerprint density at radius 3 is 2.29 bits per heavy atom. The third kappa shape index (κ3) is 3.22. The van der Waals surface area contributed by atoms with Crippen molar-refractivity contribution >= 4 is 0 Å². The molecule has 0 spiro atoms. The molecule has 7 heavy (non-hydrogen) atoms. The van der Waals surface area contributed by atoms with Crippen molar-refractivity contribution in [1.82, 2.24) is 5.01 Å². The lowest BCUT2D eigenvalue weighted by Gasteiger charge is -2.03. The molecule has 0 aliphatic rings. The smallest absolute Gasteiger partial charge is 0.0509 e. The second-order valence-corrected chi connectivity index (χ2v) is 1.26. The summed E-state index contributed by atoms with van der Waals surface area (Å²) in [5.41, 5.74) is 0. The van der Waals surface area contributed by atoms with Crippen LogP contribution in [0.25, 0.3) is 0 Å². The molecule has 0 atom stereocenters. The molecule has 42 valence electrons. The highest BCUT2D eigenvalue weighted by atomic mass is 15.5. The minimum Gasteiger partial charge on any atom is -0.282 e. The summed E-state index contributed by atoms with van der Waals surface area (Å²) in [7, 11) is 3.54. The zero-order chi connectivity index (χ0) is 5.70. The van der Waals surface area contributed by atoms with Crippen molar-refractivity contribution in [2.45, 2.75) is 6.92 Å². The number of hydrogen-bond acceptors (Lipinski definition) is 2. The lowest BCUT2D eigenvalue weighted by molar-refractivity contribution is 0.348. The Hall–Kier alpha value is -0.600. The van der Waals surface area contributed by atoms with E-state index in [9.17, 15) is 0 Å². The summed E-state index contributed by atoms with van der Waals surface area (Å²) < 4.78 is 0. The molecule has 0 amide bonds. The number of hydrogen-bond donors (Lipinski definition) is 0. The molecule has 0 heterocycles. The predicted molar refractivity (Wildman–Crippen MR) is 29.1 cm³/mol. The first-order chi connectivity index (χ1) is 3.31. The highest BCUT2D eigenvalue weighted by Gasteiger charge is 1.79. The summed E-state index contributed by atoms with van der Waals surface area (Å²) in [4.78, 5) is 0. The first-order valence-electron chi connectivity index (χ1n) is 2.32. The minimum absolute atomic E-state index is 0.914. The van der Waals surface area contributed by atoms with Gasteiger partial charge in [0.1, 0.15) is 0 Å². The van der Waals surface area contributed by atoms with Gasteiger partial charge in [-0.3, -0.25) is 5.01 Å². The quantitative estimate of drug-likeness (QED) is 0.375. The van der Waals surface area contributed by atoms with E-state index in [-0.39, 0.29) is 0 Å². The summed E-state index contributed by atoms with van der Waals surface area (Å²) in [5, 5.41) is 9.02. The van der Waals surface area contributed by atoms with E-state index < -0.39 is 0 Å². The van der Waals surface area contributed by atoms with E-state index in [4.69, 9.17) is 0 Å². The van der Waals surface area contributed by atoms with Crippen LogP contribution in [0.1, 0.15) is 6.92 Å². The van der Waals surface area contributed by atoms with E-state index in [1.165, 1.54) is 0 Å². The van der Waals surface area contributed by atoms with Gasteiger partial charge in [-0.2, -0.15) is 5.11 Å². The molecule has 0 aliphatic carbocycles. The first-order valence-corrected chi connectivity index (χ1v) is 2.32. The molecule has 0 radical (unpaired) electrons. The van der Waals surface area contributed by atoms with Crippen LogP contribution >= 0.6 is 0 Å². The fraction of sp³-hybridized carbons (Fsp3) is 1.00. The van der Waals surface area contributed by atoms with Gasteiger partial charge in [-0.1, -0.05) is 5.22 Å². The molecular weight excluding hydrogens is 90.1 g/mol. The van der Waals surface area contributed by atoms with Gasteiger partial charge in [-0.05, 0) is 6.92 Å². The van der Waals surface area contributed by atoms with Crippen LogP contribution in [0.15, 0.2) is 10.3 Å². The van der Waals surface area contributed by atoms with Crippen LogP contribution in [0.2, 0.25) is 0 Å². The second-order valence-electron chi connectivity index (χ2n) is 1.26. The van der Waals surface area contributed by atoms with E-state index in [1.54, 1.807) is 12.1 Å². The fourth-order valence-electron chi connectivity index (χ4n) is 0.216. The third-order valence-electron chi connectivity index (χ3n) is 0.700. The monoisotopic (exact) mass is 101 g/mol. The molecule has 0 aromatic rings. The highest BCUT2D eigenvalue weighted by molar-refractivity contribution is 4.27. The Bertz CT molecular complexity index is 60.0. The van der Waals surface area contributed by atoms with Crippen LogP contribution in [0.3, 0.4) is 0 Å². The summed E-state index contributed by atoms with van der Waals surface area (Å²) in [6, 6.07) is 0. The Morgan fingerprint density at radius 1 is 1.57 bits per heavy atom. The van der Waals surface area contributed by atoms with Crippen molar-refractivity contribution in [3.05, 3.63) is 0 Å². The van der Waals surface area contributed by atoms with Crippen LogP contribution in [-0.4, -0.2) is 25.6 Å². The predicted octanol–water partition coefficient (Wildman–Crippen LogP) is 0.935. The number of nitrogens with zero attached hydrogens (tertiary/aromatic N) is 3. The third-order valence-corrected chi connectivity index (χ3v) is 0.700. The van der Waals surface area contributed by atoms with Crippen molar-refractivity contribution in [2.75, 3.05) is 20.6 Å². The van der Waals surface area contributed by atoms with Crippen LogP contribution in [0.4, 0.5) is 0 Å². The van der Waals surface area contributed by atoms with E-state index >= 15 is 0 Å². The largest absolute Gasteiger partial charge is 0.282 e. The molecule has 0 saturated heterocycles. The van der Waals surface area contributed by atoms with Gasteiger partial charge < -0.3 is 0 Å². The maximum Gasteiger partial charge on any atom is 0.0509 e. The molecule has 0 aromatic carbocycles. The molecule has 0 unspecified atom stereocenters. The molecule has 3 heteroatoms. The fourth-order valence-corrected chi connectivity index (χ4v) is 0.216. The van der Waals surface area contributed by atoms with Gasteiger partial charge in [-0.15, -0.1) is 0 Å². The lowest BCUT2D eigenvalue weighted by atomic mass is 10.8. The van der Waals surface area contributed by atoms with Crippen molar-refractivity contribution in [2.24, 2.45) is 10.3 Å². The molecule has 0 aromatic heterocycles. The molecule has 0 bridgehead atoms. The highest BCUT2D eigenvalue weighted by Crippen LogP contribution is 1.79. The lowest BCUT2D eigenvalue weighted by Crippen LogP contribution is -2.07. The zero-order valence-electron chi connectivity index (χ0n) is 5.05. The van der Waals surface area contributed by atoms with Gasteiger partial charge in [0.2, 0.25) is 0 Å². The van der Waals surface area contributed by atoms with Gasteiger partial charge in [0.15, 0.2) is 0 Å². The Kier molecular flexibility index (Phi) is 3.28. The first kappa shape index (κ1) is 6.40. The maximum absolute atomic E-state index is 3.70. The van der Waals surface area contributed by atoms with Gasteiger partial charge >= 0.3 is 0 Å². The summed E-state index contributed by atoms with van der Waals surface area (Å²) >= 11 is 0. The van der Waals surface area contributed by atoms with Gasteiger partial charge in [0, 0.05) is 13.6 Å². The van der Waals surface area contributed by atoms with Crippen molar-refractivity contribution in [3.8, 4) is 0 Å². The standard InChI is InChI=1S/C4H11N3/c1-4-7(3)6-5-2/h4H2,1-3H3/b6-5-. The summed E-state index contributed by atoms with van der Waals surface area (Å²) in [5.74, 6) is 0. The summed E-state index contributed by atoms with van der Waals surface area (Å²) in [6.45, 7) is 2.94. The minimum atomic E-state index is 0.914. The average Bonchev–Trinajstić information content (AvgIpc) is 1.68. The zero-order valence-corrected chi connectivity index (χ0v) is 5.05. The Labute approximate surface area is 44.0 Å². The van der Waals surface area contributed by atoms with E-state index in [0.717, 1.165) is 6.54 Å². The normalized spacial score (nSPS) is 10.1.